The SMILES string of the molecule is O=C(Cc1cn2ccccc2n1)N1CCC(c2nc(C(F)(F)F)cs2)CC1. The minimum absolute atomic E-state index is 0.00743. The molecule has 0 N–H and O–H groups in total. The summed E-state index contributed by atoms with van der Waals surface area (Å²) in [6.45, 7) is 1.05. The molecule has 0 atom stereocenters. The highest BCUT2D eigenvalue weighted by Gasteiger charge is 2.35. The maximum absolute atomic E-state index is 12.7. The summed E-state index contributed by atoms with van der Waals surface area (Å²) >= 11 is 1.05. The van der Waals surface area contributed by atoms with E-state index in [1.807, 2.05) is 35.0 Å². The van der Waals surface area contributed by atoms with Crippen LogP contribution in [0.4, 0.5) is 13.2 Å². The Balaban J connectivity index is 1.35. The molecule has 0 bridgehead atoms. The Morgan fingerprint density at radius 3 is 2.67 bits per heavy atom. The number of likely N-dealkylation sites (tertiary alicyclic amines) is 1. The number of fused-ring (bicyclic) bond motifs is 1. The summed E-state index contributed by atoms with van der Waals surface area (Å²) in [7, 11) is 0. The molecule has 27 heavy (non-hydrogen) atoms. The Hall–Kier alpha value is -2.42. The number of carbonyl (C=O) groups is 1. The van der Waals surface area contributed by atoms with Crippen LogP contribution in [-0.2, 0) is 17.4 Å². The molecule has 0 saturated carbocycles. The Labute approximate surface area is 157 Å². The van der Waals surface area contributed by atoms with Crippen LogP contribution in [0.15, 0.2) is 36.0 Å². The van der Waals surface area contributed by atoms with Gasteiger partial charge in [0.2, 0.25) is 5.91 Å². The molecule has 3 aromatic heterocycles. The Morgan fingerprint density at radius 2 is 2.00 bits per heavy atom. The van der Waals surface area contributed by atoms with Crippen LogP contribution in [0, 0.1) is 0 Å². The Morgan fingerprint density at radius 1 is 1.22 bits per heavy atom. The molecule has 1 amide bonds. The third-order valence-electron chi connectivity index (χ3n) is 4.76. The van der Waals surface area contributed by atoms with Crippen molar-refractivity contribution in [1.82, 2.24) is 19.3 Å². The molecule has 0 aromatic carbocycles. The van der Waals surface area contributed by atoms with E-state index >= 15 is 0 Å². The number of alkyl halides is 3. The van der Waals surface area contributed by atoms with Gasteiger partial charge in [0.05, 0.1) is 17.1 Å². The molecule has 1 saturated heterocycles. The molecule has 1 aliphatic rings. The van der Waals surface area contributed by atoms with Crippen molar-refractivity contribution in [2.45, 2.75) is 31.4 Å². The van der Waals surface area contributed by atoms with Crippen LogP contribution in [0.25, 0.3) is 5.65 Å². The number of hydrogen-bond donors (Lipinski definition) is 0. The standard InChI is InChI=1S/C18H17F3N4OS/c19-18(20,21)14-11-27-17(23-14)12-4-7-24(8-5-12)16(26)9-13-10-25-6-2-1-3-15(25)22-13/h1-3,6,10-12H,4-5,7-9H2. The third-order valence-corrected chi connectivity index (χ3v) is 5.76. The quantitative estimate of drug-likeness (QED) is 0.680. The fourth-order valence-corrected chi connectivity index (χ4v) is 4.32. The summed E-state index contributed by atoms with van der Waals surface area (Å²) in [6, 6.07) is 5.66. The normalized spacial score (nSPS) is 16.2. The van der Waals surface area contributed by atoms with Gasteiger partial charge in [0.15, 0.2) is 5.69 Å². The Kier molecular flexibility index (Phi) is 4.63. The van der Waals surface area contributed by atoms with Gasteiger partial charge in [-0.1, -0.05) is 6.07 Å². The average Bonchev–Trinajstić information content (AvgIpc) is 3.28. The summed E-state index contributed by atoms with van der Waals surface area (Å²) in [5.74, 6) is -0.0303. The molecule has 0 unspecified atom stereocenters. The highest BCUT2D eigenvalue weighted by atomic mass is 32.1. The minimum Gasteiger partial charge on any atom is -0.342 e. The second-order valence-electron chi connectivity index (χ2n) is 6.60. The molecule has 4 rings (SSSR count). The van der Waals surface area contributed by atoms with E-state index < -0.39 is 11.9 Å². The van der Waals surface area contributed by atoms with Gasteiger partial charge >= 0.3 is 6.18 Å². The summed E-state index contributed by atoms with van der Waals surface area (Å²) in [6.07, 6.45) is 0.796. The molecule has 0 radical (unpaired) electrons. The zero-order valence-electron chi connectivity index (χ0n) is 14.3. The number of thiazole rings is 1. The Bertz CT molecular complexity index is 924. The molecule has 0 aliphatic carbocycles. The first-order chi connectivity index (χ1) is 12.9. The van der Waals surface area contributed by atoms with E-state index in [2.05, 4.69) is 9.97 Å². The molecule has 0 spiro atoms. The lowest BCUT2D eigenvalue weighted by atomic mass is 9.97. The number of imidazole rings is 1. The van der Waals surface area contributed by atoms with Crippen molar-refractivity contribution in [3.8, 4) is 0 Å². The van der Waals surface area contributed by atoms with Crippen LogP contribution in [-0.4, -0.2) is 38.3 Å². The molecule has 3 aromatic rings. The monoisotopic (exact) mass is 394 g/mol. The third kappa shape index (κ3) is 3.83. The van der Waals surface area contributed by atoms with Crippen molar-refractivity contribution >= 4 is 22.9 Å². The van der Waals surface area contributed by atoms with Crippen molar-refractivity contribution in [1.29, 1.82) is 0 Å². The summed E-state index contributed by atoms with van der Waals surface area (Å²) in [5, 5.41) is 1.57. The smallest absolute Gasteiger partial charge is 0.342 e. The second kappa shape index (κ2) is 6.95. The van der Waals surface area contributed by atoms with Gasteiger partial charge in [-0.05, 0) is 25.0 Å². The van der Waals surface area contributed by atoms with Crippen LogP contribution in [0.1, 0.15) is 35.2 Å². The summed E-state index contributed by atoms with van der Waals surface area (Å²) in [5.41, 5.74) is 0.680. The molecule has 1 fully saturated rings. The van der Waals surface area contributed by atoms with Gasteiger partial charge in [-0.15, -0.1) is 11.3 Å². The fourth-order valence-electron chi connectivity index (χ4n) is 3.32. The van der Waals surface area contributed by atoms with E-state index in [0.29, 0.717) is 36.6 Å². The molecule has 5 nitrogen and oxygen atoms in total. The van der Waals surface area contributed by atoms with E-state index in [9.17, 15) is 18.0 Å². The van der Waals surface area contributed by atoms with Crippen molar-refractivity contribution in [2.24, 2.45) is 0 Å². The number of carbonyl (C=O) groups excluding carboxylic acids is 1. The van der Waals surface area contributed by atoms with Crippen LogP contribution in [0.5, 0.6) is 0 Å². The molecule has 9 heteroatoms. The lowest BCUT2D eigenvalue weighted by Crippen LogP contribution is -2.38. The van der Waals surface area contributed by atoms with Crippen LogP contribution in [0.3, 0.4) is 0 Å². The van der Waals surface area contributed by atoms with E-state index in [4.69, 9.17) is 0 Å². The first-order valence-corrected chi connectivity index (χ1v) is 9.51. The number of aromatic nitrogens is 3. The maximum atomic E-state index is 12.7. The fraction of sp³-hybridized carbons (Fsp3) is 0.389. The van der Waals surface area contributed by atoms with Gasteiger partial charge in [-0.25, -0.2) is 9.97 Å². The average molecular weight is 394 g/mol. The van der Waals surface area contributed by atoms with Crippen molar-refractivity contribution < 1.29 is 18.0 Å². The number of amides is 1. The number of rotatable bonds is 3. The molecule has 1 aliphatic heterocycles. The first kappa shape index (κ1) is 18.0. The van der Waals surface area contributed by atoms with Crippen molar-refractivity contribution in [3.63, 3.8) is 0 Å². The molecular formula is C18H17F3N4OS. The maximum Gasteiger partial charge on any atom is 0.434 e. The lowest BCUT2D eigenvalue weighted by Gasteiger charge is -2.31. The van der Waals surface area contributed by atoms with Gasteiger partial charge < -0.3 is 9.30 Å². The molecular weight excluding hydrogens is 377 g/mol. The summed E-state index contributed by atoms with van der Waals surface area (Å²) < 4.78 is 40.0. The van der Waals surface area contributed by atoms with Crippen LogP contribution in [0.2, 0.25) is 0 Å². The summed E-state index contributed by atoms with van der Waals surface area (Å²) in [4.78, 5) is 22.5. The van der Waals surface area contributed by atoms with E-state index in [-0.39, 0.29) is 18.2 Å². The topological polar surface area (TPSA) is 50.5 Å². The van der Waals surface area contributed by atoms with Crippen molar-refractivity contribution in [2.75, 3.05) is 13.1 Å². The second-order valence-corrected chi connectivity index (χ2v) is 7.49. The van der Waals surface area contributed by atoms with Gasteiger partial charge in [0.1, 0.15) is 5.65 Å². The van der Waals surface area contributed by atoms with E-state index in [1.54, 1.807) is 4.90 Å². The predicted molar refractivity (Wildman–Crippen MR) is 94.6 cm³/mol. The van der Waals surface area contributed by atoms with E-state index in [0.717, 1.165) is 22.4 Å². The number of pyridine rings is 1. The number of piperidine rings is 1. The number of hydrogen-bond acceptors (Lipinski definition) is 4. The van der Waals surface area contributed by atoms with E-state index in [1.165, 1.54) is 0 Å². The zero-order chi connectivity index (χ0) is 19.0. The van der Waals surface area contributed by atoms with Crippen LogP contribution < -0.4 is 0 Å². The van der Waals surface area contributed by atoms with Crippen molar-refractivity contribution in [3.05, 3.63) is 52.4 Å². The van der Waals surface area contributed by atoms with Crippen LogP contribution >= 0.6 is 11.3 Å². The van der Waals surface area contributed by atoms with Gasteiger partial charge in [0.25, 0.3) is 0 Å². The van der Waals surface area contributed by atoms with Gasteiger partial charge in [0, 0.05) is 36.8 Å². The lowest BCUT2D eigenvalue weighted by molar-refractivity contribution is -0.140. The predicted octanol–water partition coefficient (Wildman–Crippen LogP) is 3.76. The largest absolute Gasteiger partial charge is 0.434 e. The number of nitrogens with zero attached hydrogens (tertiary/aromatic N) is 4. The van der Waals surface area contributed by atoms with Gasteiger partial charge in [-0.2, -0.15) is 13.2 Å². The minimum atomic E-state index is -4.40. The molecule has 4 heterocycles. The molecule has 142 valence electrons. The number of halogens is 3. The van der Waals surface area contributed by atoms with Gasteiger partial charge in [-0.3, -0.25) is 4.79 Å². The highest BCUT2D eigenvalue weighted by Crippen LogP contribution is 2.35. The zero-order valence-corrected chi connectivity index (χ0v) is 15.1. The highest BCUT2D eigenvalue weighted by molar-refractivity contribution is 7.09. The first-order valence-electron chi connectivity index (χ1n) is 8.63.